The molecule has 200 valence electrons. The Kier molecular flexibility index (Phi) is 4.89. The van der Waals surface area contributed by atoms with Crippen LogP contribution in [0.3, 0.4) is 0 Å². The van der Waals surface area contributed by atoms with Crippen molar-refractivity contribution in [3.05, 3.63) is 94.5 Å². The van der Waals surface area contributed by atoms with Crippen LogP contribution in [-0.4, -0.2) is 51.7 Å². The van der Waals surface area contributed by atoms with Gasteiger partial charge in [0.05, 0.1) is 35.0 Å². The van der Waals surface area contributed by atoms with Gasteiger partial charge in [0, 0.05) is 19.0 Å². The van der Waals surface area contributed by atoms with Gasteiger partial charge < -0.3 is 19.7 Å². The number of methoxy groups -OCH3 is 1. The highest BCUT2D eigenvalue weighted by Gasteiger charge is 2.80. The van der Waals surface area contributed by atoms with Gasteiger partial charge in [0.2, 0.25) is 0 Å². The highest BCUT2D eigenvalue weighted by molar-refractivity contribution is 7.97. The van der Waals surface area contributed by atoms with Crippen LogP contribution in [0, 0.1) is 22.2 Å². The summed E-state index contributed by atoms with van der Waals surface area (Å²) in [6.45, 7) is 1.92. The van der Waals surface area contributed by atoms with Crippen LogP contribution < -0.4 is 0 Å². The van der Waals surface area contributed by atoms with E-state index in [1.807, 2.05) is 30.3 Å². The Morgan fingerprint density at radius 3 is 2.49 bits per heavy atom. The fraction of sp³-hybridized carbons (Fsp3) is 0.469. The van der Waals surface area contributed by atoms with E-state index < -0.39 is 17.3 Å². The molecule has 4 heterocycles. The van der Waals surface area contributed by atoms with Gasteiger partial charge in [0.1, 0.15) is 17.6 Å². The van der Waals surface area contributed by atoms with E-state index in [0.29, 0.717) is 16.9 Å². The molecule has 2 spiro atoms. The number of aliphatic hydroxyl groups excluding tert-OH is 1. The summed E-state index contributed by atoms with van der Waals surface area (Å²) in [5.41, 5.74) is -0.170. The van der Waals surface area contributed by atoms with Crippen molar-refractivity contribution >= 4 is 11.9 Å². The molecule has 7 heteroatoms. The maximum Gasteiger partial charge on any atom is 0.177 e. The zero-order valence-corrected chi connectivity index (χ0v) is 22.8. The zero-order valence-electron chi connectivity index (χ0n) is 22.0. The maximum atomic E-state index is 13.2. The number of hydrogen-bond acceptors (Lipinski definition) is 7. The quantitative estimate of drug-likeness (QED) is 0.543. The highest BCUT2D eigenvalue weighted by atomic mass is 32.2. The Morgan fingerprint density at radius 1 is 1.05 bits per heavy atom. The molecule has 1 unspecified atom stereocenters. The highest BCUT2D eigenvalue weighted by Crippen LogP contribution is 2.73. The summed E-state index contributed by atoms with van der Waals surface area (Å²) in [6.07, 6.45) is 6.44. The standard InChI is InChI=1S/C32H32N2O4S/c1-37-28-25-23-17-30(28)12-11-29(19-30)13-15-34(16-14-29)39-26-24(21-5-3-2-4-6-21)32(38-23,31(25,36)27(26)35)22-9-7-20(18-33)8-10-22/h2-10,17,24,26-27,35-36H,11-16,19H2,1H3/t24-,26-,27+,30?,31+,32+/m0/s1. The number of fused-ring (bicyclic) bond motifs is 2. The van der Waals surface area contributed by atoms with Crippen LogP contribution in [0.4, 0.5) is 0 Å². The number of benzene rings is 2. The lowest BCUT2D eigenvalue weighted by Crippen LogP contribution is -2.54. The summed E-state index contributed by atoms with van der Waals surface area (Å²) in [5.74, 6) is 1.05. The first-order valence-electron chi connectivity index (χ1n) is 14.0. The van der Waals surface area contributed by atoms with Gasteiger partial charge in [-0.3, -0.25) is 4.31 Å². The first-order valence-corrected chi connectivity index (χ1v) is 14.8. The van der Waals surface area contributed by atoms with E-state index in [1.165, 1.54) is 0 Å². The Bertz CT molecular complexity index is 1460. The van der Waals surface area contributed by atoms with Crippen molar-refractivity contribution in [3.63, 3.8) is 0 Å². The maximum absolute atomic E-state index is 13.2. The molecule has 2 saturated carbocycles. The van der Waals surface area contributed by atoms with Crippen molar-refractivity contribution in [1.29, 1.82) is 5.26 Å². The van der Waals surface area contributed by atoms with Crippen LogP contribution in [0.15, 0.2) is 77.8 Å². The fourth-order valence-electron chi connectivity index (χ4n) is 9.02. The first-order chi connectivity index (χ1) is 18.9. The molecule has 3 aliphatic carbocycles. The van der Waals surface area contributed by atoms with Gasteiger partial charge in [-0.15, -0.1) is 0 Å². The van der Waals surface area contributed by atoms with Crippen LogP contribution in [0.2, 0.25) is 0 Å². The molecule has 6 bridgehead atoms. The molecule has 39 heavy (non-hydrogen) atoms. The molecule has 2 saturated heterocycles. The number of rotatable bonds is 3. The third-order valence-corrected chi connectivity index (χ3v) is 12.1. The van der Waals surface area contributed by atoms with E-state index in [9.17, 15) is 15.5 Å². The minimum atomic E-state index is -1.74. The number of allylic oxidation sites excluding steroid dienone is 1. The Balaban J connectivity index is 1.45. The topological polar surface area (TPSA) is 86.0 Å². The molecule has 2 aromatic rings. The zero-order chi connectivity index (χ0) is 26.6. The number of nitrogens with zero attached hydrogens (tertiary/aromatic N) is 2. The van der Waals surface area contributed by atoms with E-state index in [1.54, 1.807) is 31.2 Å². The Morgan fingerprint density at radius 2 is 1.79 bits per heavy atom. The van der Waals surface area contributed by atoms with E-state index >= 15 is 0 Å². The van der Waals surface area contributed by atoms with E-state index in [2.05, 4.69) is 28.6 Å². The van der Waals surface area contributed by atoms with Gasteiger partial charge in [-0.1, -0.05) is 54.4 Å². The summed E-state index contributed by atoms with van der Waals surface area (Å²) in [4.78, 5) is 0. The van der Waals surface area contributed by atoms with Crippen LogP contribution in [0.5, 0.6) is 0 Å². The lowest BCUT2D eigenvalue weighted by molar-refractivity contribution is -0.132. The van der Waals surface area contributed by atoms with Gasteiger partial charge in [-0.25, -0.2) is 0 Å². The molecular weight excluding hydrogens is 508 g/mol. The summed E-state index contributed by atoms with van der Waals surface area (Å²) in [6, 6.07) is 19.7. The van der Waals surface area contributed by atoms with Crippen molar-refractivity contribution in [3.8, 4) is 6.07 Å². The van der Waals surface area contributed by atoms with Crippen molar-refractivity contribution in [2.45, 2.75) is 60.6 Å². The predicted molar refractivity (Wildman–Crippen MR) is 147 cm³/mol. The van der Waals surface area contributed by atoms with Crippen LogP contribution in [0.1, 0.15) is 54.7 Å². The molecule has 2 aromatic carbocycles. The summed E-state index contributed by atoms with van der Waals surface area (Å²) in [7, 11) is 1.70. The average molecular weight is 541 g/mol. The smallest absolute Gasteiger partial charge is 0.177 e. The van der Waals surface area contributed by atoms with Crippen LogP contribution in [-0.2, 0) is 15.1 Å². The summed E-state index contributed by atoms with van der Waals surface area (Å²) < 4.78 is 15.8. The molecule has 9 rings (SSSR count). The molecule has 0 radical (unpaired) electrons. The third-order valence-electron chi connectivity index (χ3n) is 10.7. The monoisotopic (exact) mass is 540 g/mol. The predicted octanol–water partition coefficient (Wildman–Crippen LogP) is 4.75. The number of hydrogen-bond donors (Lipinski definition) is 2. The molecule has 0 aromatic heterocycles. The number of ether oxygens (including phenoxy) is 2. The lowest BCUT2D eigenvalue weighted by atomic mass is 9.70. The van der Waals surface area contributed by atoms with Gasteiger partial charge in [-0.05, 0) is 66.9 Å². The summed E-state index contributed by atoms with van der Waals surface area (Å²) in [5, 5.41) is 34.7. The largest absolute Gasteiger partial charge is 0.500 e. The number of aliphatic hydroxyl groups is 2. The minimum absolute atomic E-state index is 0.264. The van der Waals surface area contributed by atoms with Gasteiger partial charge in [0.15, 0.2) is 11.2 Å². The summed E-state index contributed by atoms with van der Waals surface area (Å²) >= 11 is 1.69. The first kappa shape index (κ1) is 24.1. The molecule has 6 nitrogen and oxygen atoms in total. The molecule has 4 fully saturated rings. The number of nitriles is 1. The normalized spacial score (nSPS) is 43.1. The average Bonchev–Trinajstić information content (AvgIpc) is 3.61. The second-order valence-electron chi connectivity index (χ2n) is 12.4. The molecule has 4 aliphatic heterocycles. The van der Waals surface area contributed by atoms with E-state index in [-0.39, 0.29) is 22.0 Å². The third kappa shape index (κ3) is 2.83. The minimum Gasteiger partial charge on any atom is -0.500 e. The van der Waals surface area contributed by atoms with Crippen molar-refractivity contribution in [1.82, 2.24) is 4.31 Å². The van der Waals surface area contributed by atoms with Crippen LogP contribution >= 0.6 is 11.9 Å². The molecule has 6 atom stereocenters. The Labute approximate surface area is 233 Å². The second kappa shape index (κ2) is 7.92. The molecule has 0 amide bonds. The van der Waals surface area contributed by atoms with Gasteiger partial charge in [-0.2, -0.15) is 5.26 Å². The fourth-order valence-corrected chi connectivity index (χ4v) is 10.5. The van der Waals surface area contributed by atoms with E-state index in [4.69, 9.17) is 9.47 Å². The Hall–Kier alpha value is -2.76. The van der Waals surface area contributed by atoms with Crippen molar-refractivity contribution in [2.24, 2.45) is 10.8 Å². The van der Waals surface area contributed by atoms with Crippen molar-refractivity contribution < 1.29 is 19.7 Å². The SMILES string of the molecule is COC1=C2C3=CC14CCC1(CCN(CC1)S[C@@H]1[C@@H](O)[C@@]2(O)[C@](c2ccc(C#N)cc2)(O3)[C@H]1c1ccccc1)C4. The second-order valence-corrected chi connectivity index (χ2v) is 13.6. The van der Waals surface area contributed by atoms with Crippen LogP contribution in [0.25, 0.3) is 0 Å². The van der Waals surface area contributed by atoms with E-state index in [0.717, 1.165) is 62.1 Å². The van der Waals surface area contributed by atoms with Gasteiger partial charge in [0.25, 0.3) is 0 Å². The van der Waals surface area contributed by atoms with Gasteiger partial charge >= 0.3 is 0 Å². The molecular formula is C32H32N2O4S. The van der Waals surface area contributed by atoms with Crippen molar-refractivity contribution in [2.75, 3.05) is 20.2 Å². The molecule has 2 N–H and O–H groups in total. The number of piperidine rings is 1. The molecule has 7 aliphatic rings. The lowest BCUT2D eigenvalue weighted by Gasteiger charge is -2.42.